The molecule has 0 saturated heterocycles. The maximum absolute atomic E-state index is 6.21. The van der Waals surface area contributed by atoms with Crippen LogP contribution in [0.25, 0.3) is 16.9 Å². The summed E-state index contributed by atoms with van der Waals surface area (Å²) >= 11 is 6.21. The molecule has 4 rings (SSSR count). The van der Waals surface area contributed by atoms with Crippen molar-refractivity contribution in [3.63, 3.8) is 0 Å². The fourth-order valence-electron chi connectivity index (χ4n) is 3.71. The molecule has 3 aromatic rings. The molecule has 0 amide bonds. The fraction of sp³-hybridized carbons (Fsp3) is 0.350. The van der Waals surface area contributed by atoms with Crippen LogP contribution < -0.4 is 5.73 Å². The van der Waals surface area contributed by atoms with Crippen LogP contribution in [-0.4, -0.2) is 15.9 Å². The van der Waals surface area contributed by atoms with Gasteiger partial charge in [-0.1, -0.05) is 30.7 Å². The molecular formula is C20H22ClN3. The average Bonchev–Trinajstić information content (AvgIpc) is 2.99. The lowest BCUT2D eigenvalue weighted by atomic mass is 9.89. The Morgan fingerprint density at radius 3 is 2.75 bits per heavy atom. The van der Waals surface area contributed by atoms with E-state index < -0.39 is 0 Å². The van der Waals surface area contributed by atoms with E-state index in [9.17, 15) is 0 Å². The van der Waals surface area contributed by atoms with E-state index in [-0.39, 0.29) is 5.92 Å². The van der Waals surface area contributed by atoms with Gasteiger partial charge in [0.15, 0.2) is 0 Å². The van der Waals surface area contributed by atoms with Crippen LogP contribution in [0.2, 0.25) is 5.02 Å². The van der Waals surface area contributed by atoms with Gasteiger partial charge in [-0.25, -0.2) is 4.98 Å². The average molecular weight is 340 g/mol. The molecule has 2 heterocycles. The minimum atomic E-state index is 0.212. The standard InChI is InChI=1S/C20H22ClN3/c1-13(11-22)20-19(23-18-9-8-17(21)12-24(18)20)16-7-6-14-4-2-3-5-15(14)10-16/h6-10,12-13H,2-5,11,22H2,1H3. The van der Waals surface area contributed by atoms with E-state index in [1.807, 2.05) is 18.3 Å². The topological polar surface area (TPSA) is 43.3 Å². The highest BCUT2D eigenvalue weighted by atomic mass is 35.5. The van der Waals surface area contributed by atoms with Crippen molar-refractivity contribution in [2.24, 2.45) is 5.73 Å². The minimum Gasteiger partial charge on any atom is -0.330 e. The summed E-state index contributed by atoms with van der Waals surface area (Å²) in [6, 6.07) is 10.7. The second kappa shape index (κ2) is 6.23. The van der Waals surface area contributed by atoms with Crippen LogP contribution >= 0.6 is 11.6 Å². The summed E-state index contributed by atoms with van der Waals surface area (Å²) in [4.78, 5) is 4.89. The maximum Gasteiger partial charge on any atom is 0.137 e. The van der Waals surface area contributed by atoms with E-state index in [0.717, 1.165) is 17.0 Å². The largest absolute Gasteiger partial charge is 0.330 e. The lowest BCUT2D eigenvalue weighted by Crippen LogP contribution is -2.12. The number of hydrogen-bond acceptors (Lipinski definition) is 2. The number of nitrogens with two attached hydrogens (primary N) is 1. The molecule has 0 bridgehead atoms. The first-order valence-corrected chi connectivity index (χ1v) is 9.05. The summed E-state index contributed by atoms with van der Waals surface area (Å²) in [6.07, 6.45) is 6.89. The Kier molecular flexibility index (Phi) is 4.07. The Bertz CT molecular complexity index is 897. The zero-order valence-corrected chi connectivity index (χ0v) is 14.7. The zero-order chi connectivity index (χ0) is 16.7. The molecule has 1 aliphatic rings. The van der Waals surface area contributed by atoms with Gasteiger partial charge >= 0.3 is 0 Å². The molecule has 124 valence electrons. The number of pyridine rings is 1. The molecule has 3 nitrogen and oxygen atoms in total. The number of rotatable bonds is 3. The Balaban J connectivity index is 1.92. The fourth-order valence-corrected chi connectivity index (χ4v) is 3.87. The van der Waals surface area contributed by atoms with Crippen molar-refractivity contribution in [2.45, 2.75) is 38.5 Å². The molecular weight excluding hydrogens is 318 g/mol. The number of aryl methyl sites for hydroxylation is 2. The van der Waals surface area contributed by atoms with E-state index in [1.54, 1.807) is 0 Å². The Hall–Kier alpha value is -1.84. The molecule has 0 aliphatic heterocycles. The first-order chi connectivity index (χ1) is 11.7. The monoisotopic (exact) mass is 339 g/mol. The number of halogens is 1. The number of benzene rings is 1. The van der Waals surface area contributed by atoms with Crippen LogP contribution in [0.15, 0.2) is 36.5 Å². The Morgan fingerprint density at radius 1 is 1.17 bits per heavy atom. The van der Waals surface area contributed by atoms with Crippen molar-refractivity contribution in [2.75, 3.05) is 6.54 Å². The molecule has 24 heavy (non-hydrogen) atoms. The quantitative estimate of drug-likeness (QED) is 0.758. The summed E-state index contributed by atoms with van der Waals surface area (Å²) < 4.78 is 2.09. The van der Waals surface area contributed by atoms with Gasteiger partial charge < -0.3 is 10.1 Å². The van der Waals surface area contributed by atoms with Gasteiger partial charge in [-0.05, 0) is 55.0 Å². The first-order valence-electron chi connectivity index (χ1n) is 8.67. The smallest absolute Gasteiger partial charge is 0.137 e. The molecule has 2 aromatic heterocycles. The Labute approximate surface area is 147 Å². The number of aromatic nitrogens is 2. The highest BCUT2D eigenvalue weighted by molar-refractivity contribution is 6.30. The third kappa shape index (κ3) is 2.62. The van der Waals surface area contributed by atoms with Gasteiger partial charge in [0.05, 0.1) is 16.4 Å². The number of fused-ring (bicyclic) bond motifs is 2. The van der Waals surface area contributed by atoms with Crippen molar-refractivity contribution in [1.29, 1.82) is 0 Å². The van der Waals surface area contributed by atoms with Crippen molar-refractivity contribution in [1.82, 2.24) is 9.38 Å². The van der Waals surface area contributed by atoms with E-state index in [0.29, 0.717) is 11.6 Å². The highest BCUT2D eigenvalue weighted by Crippen LogP contribution is 2.33. The van der Waals surface area contributed by atoms with Crippen LogP contribution in [0.5, 0.6) is 0 Å². The first kappa shape index (κ1) is 15.7. The molecule has 0 saturated carbocycles. The highest BCUT2D eigenvalue weighted by Gasteiger charge is 2.20. The lowest BCUT2D eigenvalue weighted by molar-refractivity contribution is 0.685. The number of nitrogens with zero attached hydrogens (tertiary/aromatic N) is 2. The Morgan fingerprint density at radius 2 is 1.96 bits per heavy atom. The summed E-state index contributed by atoms with van der Waals surface area (Å²) in [5.41, 5.74) is 13.2. The molecule has 1 aromatic carbocycles. The van der Waals surface area contributed by atoms with Crippen LogP contribution in [0.3, 0.4) is 0 Å². The maximum atomic E-state index is 6.21. The molecule has 0 spiro atoms. The second-order valence-corrected chi connectivity index (χ2v) is 7.18. The van der Waals surface area contributed by atoms with Crippen molar-refractivity contribution in [3.8, 4) is 11.3 Å². The molecule has 0 radical (unpaired) electrons. The van der Waals surface area contributed by atoms with Gasteiger partial charge in [0.1, 0.15) is 5.65 Å². The molecule has 2 N–H and O–H groups in total. The molecule has 4 heteroatoms. The SMILES string of the molecule is CC(CN)c1c(-c2ccc3c(c2)CCCC3)nc2ccc(Cl)cn12. The normalized spacial score (nSPS) is 15.5. The molecule has 1 atom stereocenters. The van der Waals surface area contributed by atoms with E-state index in [4.69, 9.17) is 22.3 Å². The summed E-state index contributed by atoms with van der Waals surface area (Å²) in [5, 5.41) is 0.711. The van der Waals surface area contributed by atoms with Crippen LogP contribution in [0.4, 0.5) is 0 Å². The van der Waals surface area contributed by atoms with Crippen molar-refractivity contribution < 1.29 is 0 Å². The summed E-state index contributed by atoms with van der Waals surface area (Å²) in [5.74, 6) is 0.212. The molecule has 0 fully saturated rings. The number of hydrogen-bond donors (Lipinski definition) is 1. The van der Waals surface area contributed by atoms with Crippen LogP contribution in [0.1, 0.15) is 42.5 Å². The zero-order valence-electron chi connectivity index (χ0n) is 13.9. The van der Waals surface area contributed by atoms with Crippen molar-refractivity contribution >= 4 is 17.2 Å². The van der Waals surface area contributed by atoms with E-state index in [1.165, 1.54) is 42.4 Å². The molecule has 1 aliphatic carbocycles. The summed E-state index contributed by atoms with van der Waals surface area (Å²) in [6.45, 7) is 2.73. The minimum absolute atomic E-state index is 0.212. The van der Waals surface area contributed by atoms with Crippen LogP contribution in [0, 0.1) is 0 Å². The van der Waals surface area contributed by atoms with Crippen molar-refractivity contribution in [3.05, 3.63) is 58.4 Å². The van der Waals surface area contributed by atoms with Gasteiger partial charge in [-0.2, -0.15) is 0 Å². The predicted molar refractivity (Wildman–Crippen MR) is 99.7 cm³/mol. The van der Waals surface area contributed by atoms with Gasteiger partial charge in [0.2, 0.25) is 0 Å². The van der Waals surface area contributed by atoms with E-state index >= 15 is 0 Å². The third-order valence-corrected chi connectivity index (χ3v) is 5.29. The van der Waals surface area contributed by atoms with Gasteiger partial charge in [0, 0.05) is 24.2 Å². The number of imidazole rings is 1. The lowest BCUT2D eigenvalue weighted by Gasteiger charge is -2.17. The molecule has 1 unspecified atom stereocenters. The van der Waals surface area contributed by atoms with Crippen LogP contribution in [-0.2, 0) is 12.8 Å². The van der Waals surface area contributed by atoms with Gasteiger partial charge in [0.25, 0.3) is 0 Å². The van der Waals surface area contributed by atoms with E-state index in [2.05, 4.69) is 29.5 Å². The van der Waals surface area contributed by atoms with Gasteiger partial charge in [-0.3, -0.25) is 0 Å². The second-order valence-electron chi connectivity index (χ2n) is 6.75. The predicted octanol–water partition coefficient (Wildman–Crippen LogP) is 4.60. The third-order valence-electron chi connectivity index (χ3n) is 5.06. The summed E-state index contributed by atoms with van der Waals surface area (Å²) in [7, 11) is 0. The van der Waals surface area contributed by atoms with Gasteiger partial charge in [-0.15, -0.1) is 0 Å².